The van der Waals surface area contributed by atoms with Crippen LogP contribution in [-0.2, 0) is 0 Å². The van der Waals surface area contributed by atoms with Crippen LogP contribution in [0, 0.1) is 11.6 Å². The maximum Gasteiger partial charge on any atom is 0.262 e. The Labute approximate surface area is 194 Å². The Morgan fingerprint density at radius 2 is 1.88 bits per heavy atom. The van der Waals surface area contributed by atoms with Gasteiger partial charge in [-0.25, -0.2) is 23.7 Å². The van der Waals surface area contributed by atoms with Crippen LogP contribution in [0.3, 0.4) is 0 Å². The predicted octanol–water partition coefficient (Wildman–Crippen LogP) is 4.45. The van der Waals surface area contributed by atoms with Gasteiger partial charge in [0, 0.05) is 36.2 Å². The number of nitrogens with zero attached hydrogens (tertiary/aromatic N) is 4. The van der Waals surface area contributed by atoms with E-state index in [1.165, 1.54) is 35.4 Å². The van der Waals surface area contributed by atoms with Crippen molar-refractivity contribution in [3.63, 3.8) is 0 Å². The number of carbonyl (C=O) groups is 1. The summed E-state index contributed by atoms with van der Waals surface area (Å²) in [4.78, 5) is 27.9. The number of piperidine rings is 1. The molecule has 4 aromatic rings. The van der Waals surface area contributed by atoms with Crippen LogP contribution in [0.1, 0.15) is 23.2 Å². The molecule has 2 N–H and O–H groups in total. The second kappa shape index (κ2) is 9.48. The largest absolute Gasteiger partial charge is 0.324 e. The molecule has 0 radical (unpaired) electrons. The third-order valence-electron chi connectivity index (χ3n) is 5.81. The van der Waals surface area contributed by atoms with Crippen LogP contribution in [0.4, 0.5) is 26.2 Å². The number of benzene rings is 2. The molecule has 0 bridgehead atoms. The van der Waals surface area contributed by atoms with Crippen LogP contribution in [0.25, 0.3) is 10.8 Å². The molecule has 1 atom stereocenters. The molecule has 5 rings (SSSR count). The molecular weight excluding hydrogens is 438 g/mol. The van der Waals surface area contributed by atoms with Crippen molar-refractivity contribution in [1.82, 2.24) is 20.3 Å². The highest BCUT2D eigenvalue weighted by Gasteiger charge is 2.31. The molecule has 1 fully saturated rings. The quantitative estimate of drug-likeness (QED) is 0.458. The Hall–Kier alpha value is -3.98. The van der Waals surface area contributed by atoms with Crippen molar-refractivity contribution in [3.8, 4) is 0 Å². The topological polar surface area (TPSA) is 83.0 Å². The lowest BCUT2D eigenvalue weighted by Gasteiger charge is -2.34. The Balaban J connectivity index is 1.53. The number of hydrogen-bond acceptors (Lipinski definition) is 6. The number of amides is 1. The summed E-state index contributed by atoms with van der Waals surface area (Å²) in [5, 5.41) is 7.47. The van der Waals surface area contributed by atoms with E-state index in [2.05, 4.69) is 25.6 Å². The highest BCUT2D eigenvalue weighted by molar-refractivity contribution is 6.10. The van der Waals surface area contributed by atoms with Crippen molar-refractivity contribution in [2.75, 3.05) is 23.3 Å². The average molecular weight is 460 g/mol. The van der Waals surface area contributed by atoms with Gasteiger partial charge in [-0.05, 0) is 73.3 Å². The zero-order chi connectivity index (χ0) is 23.5. The number of anilines is 3. The fourth-order valence-corrected chi connectivity index (χ4v) is 4.20. The maximum absolute atomic E-state index is 15.2. The fourth-order valence-electron chi connectivity index (χ4n) is 4.20. The standard InChI is InChI=1S/C25H22F2N6O/c26-17-4-6-20-16(13-17)8-12-29-23(20)33(19-3-1-9-28-15-19)24(34)21-7-5-18(14-22(21)27)32-25-30-10-2-11-31-25/h2,4-8,10-14,19,28H,1,3,9,15H2,(H,30,31,32)/t19-/m1/s1. The molecule has 0 saturated carbocycles. The molecule has 34 heavy (non-hydrogen) atoms. The number of fused-ring (bicyclic) bond motifs is 1. The summed E-state index contributed by atoms with van der Waals surface area (Å²) < 4.78 is 29.0. The van der Waals surface area contributed by atoms with E-state index in [1.54, 1.807) is 36.7 Å². The minimum Gasteiger partial charge on any atom is -0.324 e. The Bertz CT molecular complexity index is 1330. The van der Waals surface area contributed by atoms with Gasteiger partial charge in [0.15, 0.2) is 0 Å². The predicted molar refractivity (Wildman–Crippen MR) is 126 cm³/mol. The van der Waals surface area contributed by atoms with Crippen LogP contribution in [0.5, 0.6) is 0 Å². The molecule has 0 unspecified atom stereocenters. The summed E-state index contributed by atoms with van der Waals surface area (Å²) in [5.74, 6) is -0.846. The molecule has 9 heteroatoms. The Morgan fingerprint density at radius 3 is 2.65 bits per heavy atom. The second-order valence-corrected chi connectivity index (χ2v) is 8.07. The van der Waals surface area contributed by atoms with Crippen LogP contribution in [0.2, 0.25) is 0 Å². The first-order valence-electron chi connectivity index (χ1n) is 11.0. The van der Waals surface area contributed by atoms with Crippen molar-refractivity contribution in [2.24, 2.45) is 0 Å². The van der Waals surface area contributed by atoms with Gasteiger partial charge < -0.3 is 10.6 Å². The number of carbonyl (C=O) groups excluding carboxylic acids is 1. The number of pyridine rings is 1. The summed E-state index contributed by atoms with van der Waals surface area (Å²) in [6.07, 6.45) is 6.29. The van der Waals surface area contributed by atoms with E-state index >= 15 is 4.39 Å². The summed E-state index contributed by atoms with van der Waals surface area (Å²) in [7, 11) is 0. The average Bonchev–Trinajstić information content (AvgIpc) is 2.85. The lowest BCUT2D eigenvalue weighted by atomic mass is 10.0. The highest BCUT2D eigenvalue weighted by Crippen LogP contribution is 2.30. The van der Waals surface area contributed by atoms with Gasteiger partial charge in [0.1, 0.15) is 17.5 Å². The molecule has 0 aliphatic carbocycles. The first kappa shape index (κ1) is 21.8. The molecule has 1 aliphatic rings. The summed E-state index contributed by atoms with van der Waals surface area (Å²) in [5.41, 5.74) is 0.343. The first-order valence-corrected chi connectivity index (χ1v) is 11.0. The van der Waals surface area contributed by atoms with Crippen LogP contribution in [-0.4, -0.2) is 40.0 Å². The molecular formula is C25H22F2N6O. The number of rotatable bonds is 5. The van der Waals surface area contributed by atoms with Crippen molar-refractivity contribution >= 4 is 34.1 Å². The maximum atomic E-state index is 15.2. The molecule has 1 aliphatic heterocycles. The third kappa shape index (κ3) is 4.42. The van der Waals surface area contributed by atoms with E-state index in [0.29, 0.717) is 34.8 Å². The smallest absolute Gasteiger partial charge is 0.262 e. The van der Waals surface area contributed by atoms with E-state index in [1.807, 2.05) is 0 Å². The van der Waals surface area contributed by atoms with E-state index in [-0.39, 0.29) is 17.4 Å². The van der Waals surface area contributed by atoms with Crippen LogP contribution >= 0.6 is 0 Å². The number of nitrogens with one attached hydrogen (secondary N) is 2. The van der Waals surface area contributed by atoms with E-state index in [9.17, 15) is 9.18 Å². The van der Waals surface area contributed by atoms with Gasteiger partial charge in [-0.1, -0.05) is 0 Å². The van der Waals surface area contributed by atoms with Gasteiger partial charge >= 0.3 is 0 Å². The van der Waals surface area contributed by atoms with E-state index < -0.39 is 11.7 Å². The highest BCUT2D eigenvalue weighted by atomic mass is 19.1. The van der Waals surface area contributed by atoms with Gasteiger partial charge in [-0.3, -0.25) is 9.69 Å². The molecule has 0 spiro atoms. The Morgan fingerprint density at radius 1 is 1.03 bits per heavy atom. The van der Waals surface area contributed by atoms with Crippen molar-refractivity contribution in [3.05, 3.63) is 84.3 Å². The van der Waals surface area contributed by atoms with Gasteiger partial charge in [0.05, 0.1) is 11.6 Å². The fraction of sp³-hybridized carbons (Fsp3) is 0.200. The van der Waals surface area contributed by atoms with Gasteiger partial charge in [-0.15, -0.1) is 0 Å². The summed E-state index contributed by atoms with van der Waals surface area (Å²) in [6.45, 7) is 1.40. The number of aromatic nitrogens is 3. The third-order valence-corrected chi connectivity index (χ3v) is 5.81. The first-order chi connectivity index (χ1) is 16.6. The molecule has 3 heterocycles. The molecule has 2 aromatic carbocycles. The Kier molecular flexibility index (Phi) is 6.09. The van der Waals surface area contributed by atoms with E-state index in [0.717, 1.165) is 19.4 Å². The van der Waals surface area contributed by atoms with E-state index in [4.69, 9.17) is 0 Å². The second-order valence-electron chi connectivity index (χ2n) is 8.07. The SMILES string of the molecule is O=C(c1ccc(Nc2ncccn2)cc1F)N(c1nccc2cc(F)ccc12)[C@@H]1CCCNC1. The van der Waals surface area contributed by atoms with Gasteiger partial charge in [-0.2, -0.15) is 0 Å². The molecule has 1 amide bonds. The molecule has 172 valence electrons. The lowest BCUT2D eigenvalue weighted by molar-refractivity contribution is 0.0968. The molecule has 7 nitrogen and oxygen atoms in total. The zero-order valence-corrected chi connectivity index (χ0v) is 18.2. The van der Waals surface area contributed by atoms with Gasteiger partial charge in [0.2, 0.25) is 5.95 Å². The molecule has 1 saturated heterocycles. The zero-order valence-electron chi connectivity index (χ0n) is 18.2. The lowest BCUT2D eigenvalue weighted by Crippen LogP contribution is -2.49. The normalized spacial score (nSPS) is 15.8. The molecule has 2 aromatic heterocycles. The number of halogens is 2. The summed E-state index contributed by atoms with van der Waals surface area (Å²) in [6, 6.07) is 11.8. The monoisotopic (exact) mass is 460 g/mol. The van der Waals surface area contributed by atoms with Crippen molar-refractivity contribution < 1.29 is 13.6 Å². The van der Waals surface area contributed by atoms with Crippen molar-refractivity contribution in [2.45, 2.75) is 18.9 Å². The van der Waals surface area contributed by atoms with Gasteiger partial charge in [0.25, 0.3) is 5.91 Å². The number of hydrogen-bond donors (Lipinski definition) is 2. The van der Waals surface area contributed by atoms with Crippen LogP contribution < -0.4 is 15.5 Å². The summed E-state index contributed by atoms with van der Waals surface area (Å²) >= 11 is 0. The van der Waals surface area contributed by atoms with Crippen molar-refractivity contribution in [1.29, 1.82) is 0 Å². The van der Waals surface area contributed by atoms with Crippen LogP contribution in [0.15, 0.2) is 67.1 Å². The minimum atomic E-state index is -0.675. The minimum absolute atomic E-state index is 0.0778.